The molecule has 0 aliphatic carbocycles. The van der Waals surface area contributed by atoms with Gasteiger partial charge in [0.1, 0.15) is 0 Å². The number of nitrogens with zero attached hydrogens (tertiary/aromatic N) is 2. The topological polar surface area (TPSA) is 50.1 Å². The number of hydrogen-bond donors (Lipinski definition) is 2. The highest BCUT2D eigenvalue weighted by atomic mass is 79.9. The summed E-state index contributed by atoms with van der Waals surface area (Å²) in [5.74, 6) is 0.262. The van der Waals surface area contributed by atoms with Crippen LogP contribution in [0.5, 0.6) is 0 Å². The highest BCUT2D eigenvalue weighted by Gasteiger charge is 2.37. The second-order valence-electron chi connectivity index (χ2n) is 5.51. The van der Waals surface area contributed by atoms with Crippen LogP contribution < -0.4 is 5.32 Å². The van der Waals surface area contributed by atoms with Crippen molar-refractivity contribution in [2.24, 2.45) is 5.92 Å². The van der Waals surface area contributed by atoms with Crippen molar-refractivity contribution in [3.63, 3.8) is 0 Å². The van der Waals surface area contributed by atoms with Crippen LogP contribution in [-0.2, 0) is 19.4 Å². The number of nitrogens with one attached hydrogen (secondary N) is 1. The molecular formula is C14H24BrN3O. The van der Waals surface area contributed by atoms with E-state index in [9.17, 15) is 5.11 Å². The first kappa shape index (κ1) is 15.0. The summed E-state index contributed by atoms with van der Waals surface area (Å²) in [6.45, 7) is 8.94. The first-order valence-electron chi connectivity index (χ1n) is 7.19. The quantitative estimate of drug-likeness (QED) is 0.889. The average molecular weight is 330 g/mol. The Labute approximate surface area is 123 Å². The van der Waals surface area contributed by atoms with E-state index < -0.39 is 5.60 Å². The first-order valence-corrected chi connectivity index (χ1v) is 7.98. The number of aryl methyl sites for hydroxylation is 2. The van der Waals surface area contributed by atoms with E-state index in [-0.39, 0.29) is 5.92 Å². The number of piperidine rings is 1. The van der Waals surface area contributed by atoms with Gasteiger partial charge in [0, 0.05) is 19.5 Å². The van der Waals surface area contributed by atoms with E-state index in [1.165, 1.54) is 0 Å². The maximum absolute atomic E-state index is 10.9. The Morgan fingerprint density at radius 3 is 2.84 bits per heavy atom. The van der Waals surface area contributed by atoms with Crippen LogP contribution in [0.2, 0.25) is 0 Å². The molecule has 1 fully saturated rings. The van der Waals surface area contributed by atoms with E-state index in [1.807, 2.05) is 4.68 Å². The molecule has 4 nitrogen and oxygen atoms in total. The number of halogens is 1. The Hall–Kier alpha value is -0.390. The van der Waals surface area contributed by atoms with Gasteiger partial charge in [-0.1, -0.05) is 13.8 Å². The summed E-state index contributed by atoms with van der Waals surface area (Å²) >= 11 is 3.66. The van der Waals surface area contributed by atoms with Crippen LogP contribution in [0.25, 0.3) is 0 Å². The summed E-state index contributed by atoms with van der Waals surface area (Å²) < 4.78 is 3.10. The minimum Gasteiger partial charge on any atom is -0.389 e. The zero-order valence-corrected chi connectivity index (χ0v) is 13.6. The van der Waals surface area contributed by atoms with E-state index in [4.69, 9.17) is 0 Å². The van der Waals surface area contributed by atoms with Crippen LogP contribution in [0.3, 0.4) is 0 Å². The summed E-state index contributed by atoms with van der Waals surface area (Å²) in [5, 5.41) is 18.9. The van der Waals surface area contributed by atoms with Gasteiger partial charge in [0.25, 0.3) is 0 Å². The van der Waals surface area contributed by atoms with Crippen molar-refractivity contribution < 1.29 is 5.11 Å². The van der Waals surface area contributed by atoms with Gasteiger partial charge in [0.15, 0.2) is 0 Å². The smallest absolute Gasteiger partial charge is 0.0766 e. The molecule has 0 amide bonds. The van der Waals surface area contributed by atoms with Gasteiger partial charge >= 0.3 is 0 Å². The molecule has 19 heavy (non-hydrogen) atoms. The van der Waals surface area contributed by atoms with E-state index in [1.54, 1.807) is 0 Å². The lowest BCUT2D eigenvalue weighted by Crippen LogP contribution is -2.50. The molecule has 5 heteroatoms. The van der Waals surface area contributed by atoms with Gasteiger partial charge in [-0.05, 0) is 48.2 Å². The largest absolute Gasteiger partial charge is 0.389 e. The molecule has 1 aromatic heterocycles. The van der Waals surface area contributed by atoms with E-state index >= 15 is 0 Å². The van der Waals surface area contributed by atoms with Gasteiger partial charge in [-0.15, -0.1) is 0 Å². The molecule has 1 aliphatic rings. The molecule has 2 N–H and O–H groups in total. The molecular weight excluding hydrogens is 306 g/mol. The zero-order valence-electron chi connectivity index (χ0n) is 12.0. The van der Waals surface area contributed by atoms with Gasteiger partial charge in [-0.2, -0.15) is 5.10 Å². The van der Waals surface area contributed by atoms with Crippen LogP contribution in [-0.4, -0.2) is 33.6 Å². The molecule has 1 aliphatic heterocycles. The van der Waals surface area contributed by atoms with Crippen molar-refractivity contribution in [2.75, 3.05) is 13.1 Å². The maximum atomic E-state index is 10.9. The normalized spacial score (nSPS) is 27.7. The van der Waals surface area contributed by atoms with Crippen molar-refractivity contribution in [1.82, 2.24) is 15.1 Å². The molecule has 0 aromatic carbocycles. The summed E-state index contributed by atoms with van der Waals surface area (Å²) in [6.07, 6.45) is 2.39. The third-order valence-corrected chi connectivity index (χ3v) is 5.19. The Balaban J connectivity index is 2.29. The molecule has 0 radical (unpaired) electrons. The Bertz CT molecular complexity index is 446. The second-order valence-corrected chi connectivity index (χ2v) is 6.31. The average Bonchev–Trinajstić information content (AvgIpc) is 2.70. The van der Waals surface area contributed by atoms with Crippen LogP contribution in [0.4, 0.5) is 0 Å². The van der Waals surface area contributed by atoms with Crippen molar-refractivity contribution >= 4 is 15.9 Å². The minimum atomic E-state index is -0.619. The highest BCUT2D eigenvalue weighted by molar-refractivity contribution is 9.10. The van der Waals surface area contributed by atoms with Crippen molar-refractivity contribution in [3.05, 3.63) is 15.9 Å². The molecule has 108 valence electrons. The number of aromatic nitrogens is 2. The molecule has 2 atom stereocenters. The number of rotatable bonds is 4. The molecule has 2 unspecified atom stereocenters. The van der Waals surface area contributed by atoms with E-state index in [2.05, 4.69) is 47.1 Å². The van der Waals surface area contributed by atoms with Crippen molar-refractivity contribution in [2.45, 2.75) is 52.2 Å². The molecule has 0 saturated carbocycles. The van der Waals surface area contributed by atoms with E-state index in [0.717, 1.165) is 48.3 Å². The molecule has 2 heterocycles. The summed E-state index contributed by atoms with van der Waals surface area (Å²) in [5.41, 5.74) is 1.60. The monoisotopic (exact) mass is 329 g/mol. The lowest BCUT2D eigenvalue weighted by atomic mass is 9.79. The standard InChI is InChI=1S/C14H24BrN3O/c1-4-11-13(15)12(18(5-2)17-11)8-14(19)6-7-16-9-10(14)3/h10,16,19H,4-9H2,1-3H3. The van der Waals surface area contributed by atoms with Gasteiger partial charge in [0.05, 0.1) is 21.5 Å². The van der Waals surface area contributed by atoms with Crippen LogP contribution >= 0.6 is 15.9 Å². The lowest BCUT2D eigenvalue weighted by molar-refractivity contribution is -0.0345. The first-order chi connectivity index (χ1) is 9.01. The highest BCUT2D eigenvalue weighted by Crippen LogP contribution is 2.32. The maximum Gasteiger partial charge on any atom is 0.0766 e. The third kappa shape index (κ3) is 2.88. The predicted octanol–water partition coefficient (Wildman–Crippen LogP) is 2.13. The minimum absolute atomic E-state index is 0.262. The van der Waals surface area contributed by atoms with Gasteiger partial charge in [-0.25, -0.2) is 0 Å². The molecule has 1 aromatic rings. The fourth-order valence-corrected chi connectivity index (χ4v) is 3.50. The Kier molecular flexibility index (Phi) is 4.69. The SMILES string of the molecule is CCc1nn(CC)c(CC2(O)CCNCC2C)c1Br. The van der Waals surface area contributed by atoms with Crippen LogP contribution in [0, 0.1) is 5.92 Å². The zero-order chi connectivity index (χ0) is 14.0. The van der Waals surface area contributed by atoms with E-state index in [0.29, 0.717) is 6.42 Å². The third-order valence-electron chi connectivity index (χ3n) is 4.27. The molecule has 1 saturated heterocycles. The van der Waals surface area contributed by atoms with Crippen molar-refractivity contribution in [1.29, 1.82) is 0 Å². The Morgan fingerprint density at radius 1 is 1.53 bits per heavy atom. The Morgan fingerprint density at radius 2 is 2.26 bits per heavy atom. The molecule has 2 rings (SSSR count). The lowest BCUT2D eigenvalue weighted by Gasteiger charge is -2.38. The van der Waals surface area contributed by atoms with Crippen LogP contribution in [0.1, 0.15) is 38.6 Å². The number of hydrogen-bond acceptors (Lipinski definition) is 3. The fraction of sp³-hybridized carbons (Fsp3) is 0.786. The molecule has 0 spiro atoms. The second kappa shape index (κ2) is 5.94. The number of aliphatic hydroxyl groups is 1. The van der Waals surface area contributed by atoms with Crippen LogP contribution in [0.15, 0.2) is 4.47 Å². The molecule has 0 bridgehead atoms. The van der Waals surface area contributed by atoms with Gasteiger partial charge in [-0.3, -0.25) is 4.68 Å². The fourth-order valence-electron chi connectivity index (χ4n) is 2.80. The summed E-state index contributed by atoms with van der Waals surface area (Å²) in [4.78, 5) is 0. The van der Waals surface area contributed by atoms with Crippen molar-refractivity contribution in [3.8, 4) is 0 Å². The summed E-state index contributed by atoms with van der Waals surface area (Å²) in [6, 6.07) is 0. The summed E-state index contributed by atoms with van der Waals surface area (Å²) in [7, 11) is 0. The van der Waals surface area contributed by atoms with Gasteiger partial charge < -0.3 is 10.4 Å². The predicted molar refractivity (Wildman–Crippen MR) is 80.3 cm³/mol. The van der Waals surface area contributed by atoms with Gasteiger partial charge in [0.2, 0.25) is 0 Å².